The Balaban J connectivity index is 2.31. The Labute approximate surface area is 118 Å². The SMILES string of the molecule is CC1CC(C)(C)CC1(O)C1(C#N)CCCCCCC1. The van der Waals surface area contributed by atoms with Gasteiger partial charge in [-0.15, -0.1) is 0 Å². The molecule has 0 aliphatic heterocycles. The molecule has 19 heavy (non-hydrogen) atoms. The van der Waals surface area contributed by atoms with Gasteiger partial charge in [0.2, 0.25) is 0 Å². The minimum Gasteiger partial charge on any atom is -0.388 e. The molecule has 2 aliphatic rings. The van der Waals surface area contributed by atoms with E-state index < -0.39 is 11.0 Å². The molecule has 0 heterocycles. The van der Waals surface area contributed by atoms with Crippen molar-refractivity contribution in [1.29, 1.82) is 5.26 Å². The van der Waals surface area contributed by atoms with Gasteiger partial charge in [-0.25, -0.2) is 0 Å². The summed E-state index contributed by atoms with van der Waals surface area (Å²) in [5, 5.41) is 21.2. The smallest absolute Gasteiger partial charge is 0.0863 e. The van der Waals surface area contributed by atoms with E-state index in [1.807, 2.05) is 0 Å². The highest BCUT2D eigenvalue weighted by Gasteiger charge is 2.59. The molecular weight excluding hydrogens is 234 g/mol. The number of nitrogens with zero attached hydrogens (tertiary/aromatic N) is 1. The largest absolute Gasteiger partial charge is 0.388 e. The number of hydrogen-bond acceptors (Lipinski definition) is 2. The predicted octanol–water partition coefficient (Wildman–Crippen LogP) is 4.43. The molecule has 0 bridgehead atoms. The number of nitriles is 1. The lowest BCUT2D eigenvalue weighted by Gasteiger charge is -2.45. The highest BCUT2D eigenvalue weighted by molar-refractivity contribution is 5.17. The zero-order valence-corrected chi connectivity index (χ0v) is 12.8. The highest BCUT2D eigenvalue weighted by Crippen LogP contribution is 2.58. The summed E-state index contributed by atoms with van der Waals surface area (Å²) in [6.07, 6.45) is 9.53. The van der Waals surface area contributed by atoms with Gasteiger partial charge < -0.3 is 5.11 Å². The predicted molar refractivity (Wildman–Crippen MR) is 77.5 cm³/mol. The molecule has 2 unspecified atom stereocenters. The minimum atomic E-state index is -0.775. The Morgan fingerprint density at radius 3 is 2.00 bits per heavy atom. The van der Waals surface area contributed by atoms with Crippen LogP contribution < -0.4 is 0 Å². The molecule has 2 aliphatic carbocycles. The summed E-state index contributed by atoms with van der Waals surface area (Å²) in [5.74, 6) is 0.238. The molecular formula is C17H29NO. The number of rotatable bonds is 1. The van der Waals surface area contributed by atoms with Crippen LogP contribution in [0.1, 0.15) is 78.6 Å². The quantitative estimate of drug-likeness (QED) is 0.760. The van der Waals surface area contributed by atoms with Crippen LogP contribution in [0.15, 0.2) is 0 Å². The van der Waals surface area contributed by atoms with Crippen LogP contribution in [0.25, 0.3) is 0 Å². The van der Waals surface area contributed by atoms with Gasteiger partial charge in [-0.3, -0.25) is 0 Å². The van der Waals surface area contributed by atoms with Gasteiger partial charge in [-0.05, 0) is 37.0 Å². The summed E-state index contributed by atoms with van der Waals surface area (Å²) < 4.78 is 0. The highest BCUT2D eigenvalue weighted by atomic mass is 16.3. The average Bonchev–Trinajstić information content (AvgIpc) is 2.48. The summed E-state index contributed by atoms with van der Waals surface area (Å²) >= 11 is 0. The van der Waals surface area contributed by atoms with Gasteiger partial charge in [0.25, 0.3) is 0 Å². The standard InChI is InChI=1S/C17H29NO/c1-14-11-15(2,3)12-17(14,19)16(13-18)9-7-5-4-6-8-10-16/h14,19H,4-12H2,1-3H3. The summed E-state index contributed by atoms with van der Waals surface area (Å²) in [5.41, 5.74) is -1.11. The summed E-state index contributed by atoms with van der Waals surface area (Å²) in [4.78, 5) is 0. The first-order valence-electron chi connectivity index (χ1n) is 7.99. The van der Waals surface area contributed by atoms with E-state index in [1.165, 1.54) is 19.3 Å². The number of hydrogen-bond donors (Lipinski definition) is 1. The third-order valence-electron chi connectivity index (χ3n) is 5.67. The molecule has 0 amide bonds. The van der Waals surface area contributed by atoms with Crippen molar-refractivity contribution in [1.82, 2.24) is 0 Å². The van der Waals surface area contributed by atoms with Crippen molar-refractivity contribution in [3.8, 4) is 6.07 Å². The van der Waals surface area contributed by atoms with Crippen molar-refractivity contribution < 1.29 is 5.11 Å². The van der Waals surface area contributed by atoms with E-state index in [9.17, 15) is 10.4 Å². The first-order valence-corrected chi connectivity index (χ1v) is 7.99. The van der Waals surface area contributed by atoms with Gasteiger partial charge in [-0.1, -0.05) is 52.9 Å². The van der Waals surface area contributed by atoms with Crippen molar-refractivity contribution >= 4 is 0 Å². The first kappa shape index (κ1) is 14.9. The average molecular weight is 263 g/mol. The van der Waals surface area contributed by atoms with Crippen LogP contribution in [-0.4, -0.2) is 10.7 Å². The van der Waals surface area contributed by atoms with Gasteiger partial charge in [0.15, 0.2) is 0 Å². The van der Waals surface area contributed by atoms with Crippen LogP contribution >= 0.6 is 0 Å². The Hall–Kier alpha value is -0.550. The zero-order valence-electron chi connectivity index (χ0n) is 12.8. The van der Waals surface area contributed by atoms with Crippen molar-refractivity contribution in [3.63, 3.8) is 0 Å². The van der Waals surface area contributed by atoms with Crippen LogP contribution in [0.2, 0.25) is 0 Å². The molecule has 2 saturated carbocycles. The Morgan fingerprint density at radius 2 is 1.58 bits per heavy atom. The molecule has 0 aromatic rings. The van der Waals surface area contributed by atoms with E-state index in [-0.39, 0.29) is 11.3 Å². The minimum absolute atomic E-state index is 0.167. The molecule has 0 saturated heterocycles. The topological polar surface area (TPSA) is 44.0 Å². The Kier molecular flexibility index (Phi) is 3.98. The summed E-state index contributed by atoms with van der Waals surface area (Å²) in [6, 6.07) is 2.59. The first-order chi connectivity index (χ1) is 8.85. The molecule has 2 fully saturated rings. The van der Waals surface area contributed by atoms with Crippen LogP contribution in [0.4, 0.5) is 0 Å². The van der Waals surface area contributed by atoms with E-state index in [2.05, 4.69) is 26.8 Å². The monoisotopic (exact) mass is 263 g/mol. The van der Waals surface area contributed by atoms with Crippen molar-refractivity contribution in [3.05, 3.63) is 0 Å². The maximum absolute atomic E-state index is 11.4. The molecule has 108 valence electrons. The van der Waals surface area contributed by atoms with E-state index >= 15 is 0 Å². The van der Waals surface area contributed by atoms with Gasteiger partial charge in [0.1, 0.15) is 0 Å². The van der Waals surface area contributed by atoms with Crippen LogP contribution in [0, 0.1) is 28.1 Å². The van der Waals surface area contributed by atoms with Crippen molar-refractivity contribution in [2.45, 2.75) is 84.2 Å². The lowest BCUT2D eigenvalue weighted by molar-refractivity contribution is -0.0952. The van der Waals surface area contributed by atoms with Crippen molar-refractivity contribution in [2.75, 3.05) is 0 Å². The van der Waals surface area contributed by atoms with Crippen LogP contribution in [0.3, 0.4) is 0 Å². The number of aliphatic hydroxyl groups is 1. The zero-order chi connectivity index (χ0) is 14.1. The maximum atomic E-state index is 11.4. The maximum Gasteiger partial charge on any atom is 0.0863 e. The molecule has 0 spiro atoms. The fourth-order valence-electron chi connectivity index (χ4n) is 4.76. The Morgan fingerprint density at radius 1 is 1.05 bits per heavy atom. The lowest BCUT2D eigenvalue weighted by atomic mass is 9.62. The second-order valence-corrected chi connectivity index (χ2v) is 7.83. The fourth-order valence-corrected chi connectivity index (χ4v) is 4.76. The third-order valence-corrected chi connectivity index (χ3v) is 5.67. The van der Waals surface area contributed by atoms with Crippen LogP contribution in [-0.2, 0) is 0 Å². The van der Waals surface area contributed by atoms with E-state index in [0.717, 1.165) is 38.5 Å². The molecule has 0 aromatic carbocycles. The van der Waals surface area contributed by atoms with E-state index in [0.29, 0.717) is 0 Å². The van der Waals surface area contributed by atoms with Gasteiger partial charge in [-0.2, -0.15) is 5.26 Å². The van der Waals surface area contributed by atoms with Gasteiger partial charge >= 0.3 is 0 Å². The second kappa shape index (κ2) is 5.09. The molecule has 2 heteroatoms. The second-order valence-electron chi connectivity index (χ2n) is 7.83. The lowest BCUT2D eigenvalue weighted by Crippen LogP contribution is -2.50. The third kappa shape index (κ3) is 2.55. The van der Waals surface area contributed by atoms with E-state index in [1.54, 1.807) is 0 Å². The van der Waals surface area contributed by atoms with Crippen LogP contribution in [0.5, 0.6) is 0 Å². The summed E-state index contributed by atoms with van der Waals surface area (Å²) in [7, 11) is 0. The summed E-state index contributed by atoms with van der Waals surface area (Å²) in [6.45, 7) is 6.61. The molecule has 2 nitrogen and oxygen atoms in total. The normalized spacial score (nSPS) is 38.2. The van der Waals surface area contributed by atoms with E-state index in [4.69, 9.17) is 0 Å². The molecule has 2 atom stereocenters. The molecule has 1 N–H and O–H groups in total. The van der Waals surface area contributed by atoms with Gasteiger partial charge in [0, 0.05) is 0 Å². The molecule has 0 radical (unpaired) electrons. The van der Waals surface area contributed by atoms with Crippen molar-refractivity contribution in [2.24, 2.45) is 16.7 Å². The molecule has 2 rings (SSSR count). The molecule has 0 aromatic heterocycles. The fraction of sp³-hybridized carbons (Fsp3) is 0.941. The Bertz CT molecular complexity index is 360. The van der Waals surface area contributed by atoms with Gasteiger partial charge in [0.05, 0.1) is 17.1 Å².